The lowest BCUT2D eigenvalue weighted by Crippen LogP contribution is -2.20. The Morgan fingerprint density at radius 3 is 2.86 bits per heavy atom. The van der Waals surface area contributed by atoms with Gasteiger partial charge < -0.3 is 15.4 Å². The average Bonchev–Trinajstić information content (AvgIpc) is 3.29. The minimum Gasteiger partial charge on any atom is -0.486 e. The Kier molecular flexibility index (Phi) is 5.10. The smallest absolute Gasteiger partial charge is 0.310 e. The van der Waals surface area contributed by atoms with E-state index in [4.69, 9.17) is 4.74 Å². The number of benzene rings is 1. The predicted octanol–water partition coefficient (Wildman–Crippen LogP) is 1.36. The summed E-state index contributed by atoms with van der Waals surface area (Å²) in [5.74, 6) is 0.0446. The average molecular weight is 293 g/mol. The maximum absolute atomic E-state index is 11.1. The van der Waals surface area contributed by atoms with Crippen molar-refractivity contribution in [3.05, 3.63) is 33.9 Å². The molecule has 21 heavy (non-hydrogen) atoms. The molecule has 0 heterocycles. The molecule has 0 aromatic heterocycles. The Balaban J connectivity index is 2.00. The van der Waals surface area contributed by atoms with Crippen LogP contribution in [0.2, 0.25) is 0 Å². The Morgan fingerprint density at radius 2 is 2.24 bits per heavy atom. The second-order valence-electron chi connectivity index (χ2n) is 4.99. The summed E-state index contributed by atoms with van der Waals surface area (Å²) in [5.41, 5.74) is 0.851. The molecule has 114 valence electrons. The van der Waals surface area contributed by atoms with Crippen LogP contribution in [-0.4, -0.2) is 30.5 Å². The van der Waals surface area contributed by atoms with Crippen molar-refractivity contribution >= 4 is 11.6 Å². The van der Waals surface area contributed by atoms with E-state index in [1.165, 1.54) is 26.0 Å². The fourth-order valence-corrected chi connectivity index (χ4v) is 1.86. The minimum atomic E-state index is -0.479. The summed E-state index contributed by atoms with van der Waals surface area (Å²) < 4.78 is 5.40. The van der Waals surface area contributed by atoms with Gasteiger partial charge in [0.05, 0.1) is 18.0 Å². The predicted molar refractivity (Wildman–Crippen MR) is 77.1 cm³/mol. The van der Waals surface area contributed by atoms with Crippen molar-refractivity contribution < 1.29 is 14.5 Å². The first-order valence-electron chi connectivity index (χ1n) is 6.94. The number of nitrogens with zero attached hydrogens (tertiary/aromatic N) is 1. The van der Waals surface area contributed by atoms with Crippen molar-refractivity contribution in [1.29, 1.82) is 0 Å². The van der Waals surface area contributed by atoms with Gasteiger partial charge in [0.2, 0.25) is 5.91 Å². The molecule has 7 heteroatoms. The highest BCUT2D eigenvalue weighted by atomic mass is 16.6. The topological polar surface area (TPSA) is 93.5 Å². The molecule has 0 bridgehead atoms. The summed E-state index contributed by atoms with van der Waals surface area (Å²) in [6.45, 7) is 0.772. The number of rotatable bonds is 8. The van der Waals surface area contributed by atoms with E-state index in [-0.39, 0.29) is 30.4 Å². The molecule has 1 aromatic rings. The van der Waals surface area contributed by atoms with Crippen LogP contribution in [0.1, 0.15) is 24.8 Å². The van der Waals surface area contributed by atoms with Gasteiger partial charge in [-0.3, -0.25) is 14.9 Å². The highest BCUT2D eigenvalue weighted by molar-refractivity contribution is 5.75. The third-order valence-electron chi connectivity index (χ3n) is 3.26. The first-order chi connectivity index (χ1) is 10.1. The molecule has 1 saturated carbocycles. The Labute approximate surface area is 122 Å². The Morgan fingerprint density at radius 1 is 1.48 bits per heavy atom. The number of carbonyl (C=O) groups excluding carboxylic acids is 1. The molecule has 1 amide bonds. The highest BCUT2D eigenvalue weighted by Gasteiger charge is 2.21. The molecule has 1 fully saturated rings. The normalized spacial score (nSPS) is 13.8. The number of carbonyl (C=O) groups is 1. The van der Waals surface area contributed by atoms with E-state index >= 15 is 0 Å². The summed E-state index contributed by atoms with van der Waals surface area (Å²) in [7, 11) is 1.54. The number of hydrogen-bond acceptors (Lipinski definition) is 5. The molecule has 2 N–H and O–H groups in total. The second-order valence-corrected chi connectivity index (χ2v) is 4.99. The summed E-state index contributed by atoms with van der Waals surface area (Å²) in [5, 5.41) is 16.8. The lowest BCUT2D eigenvalue weighted by atomic mass is 10.2. The fraction of sp³-hybridized carbons (Fsp3) is 0.500. The van der Waals surface area contributed by atoms with Crippen LogP contribution in [0, 0.1) is 10.1 Å². The van der Waals surface area contributed by atoms with Crippen molar-refractivity contribution in [2.75, 3.05) is 13.7 Å². The first-order valence-corrected chi connectivity index (χ1v) is 6.94. The first kappa shape index (κ1) is 15.2. The lowest BCUT2D eigenvalue weighted by Gasteiger charge is -2.09. The van der Waals surface area contributed by atoms with Gasteiger partial charge in [-0.05, 0) is 24.5 Å². The molecule has 0 unspecified atom stereocenters. The van der Waals surface area contributed by atoms with Gasteiger partial charge in [0.15, 0.2) is 5.75 Å². The number of hydrogen-bond donors (Lipinski definition) is 2. The molecule has 0 spiro atoms. The molecule has 0 radical (unpaired) electrons. The largest absolute Gasteiger partial charge is 0.486 e. The van der Waals surface area contributed by atoms with Gasteiger partial charge in [0.1, 0.15) is 0 Å². The van der Waals surface area contributed by atoms with E-state index in [9.17, 15) is 14.9 Å². The van der Waals surface area contributed by atoms with Crippen molar-refractivity contribution in [1.82, 2.24) is 10.6 Å². The van der Waals surface area contributed by atoms with Crippen molar-refractivity contribution in [2.24, 2.45) is 0 Å². The van der Waals surface area contributed by atoms with E-state index in [1.54, 1.807) is 12.1 Å². The number of nitrogens with one attached hydrogen (secondary N) is 2. The quantitative estimate of drug-likeness (QED) is 0.557. The molecule has 1 aromatic carbocycles. The monoisotopic (exact) mass is 293 g/mol. The lowest BCUT2D eigenvalue weighted by molar-refractivity contribution is -0.385. The maximum Gasteiger partial charge on any atom is 0.310 e. The Hall–Kier alpha value is -2.15. The van der Waals surface area contributed by atoms with Crippen LogP contribution in [0.25, 0.3) is 0 Å². The van der Waals surface area contributed by atoms with Crippen LogP contribution in [-0.2, 0) is 11.3 Å². The van der Waals surface area contributed by atoms with E-state index in [0.717, 1.165) is 5.56 Å². The fourth-order valence-electron chi connectivity index (χ4n) is 1.86. The second kappa shape index (κ2) is 7.03. The van der Waals surface area contributed by atoms with Gasteiger partial charge in [-0.1, -0.05) is 6.07 Å². The van der Waals surface area contributed by atoms with Crippen LogP contribution in [0.3, 0.4) is 0 Å². The number of nitro benzene ring substituents is 1. The number of amides is 1. The van der Waals surface area contributed by atoms with Crippen LogP contribution in [0.4, 0.5) is 5.69 Å². The SMILES string of the molecule is CNC(=O)CCOc1cc(CNC2CC2)ccc1[N+](=O)[O-]. The summed E-state index contributed by atoms with van der Waals surface area (Å²) in [4.78, 5) is 21.7. The third-order valence-corrected chi connectivity index (χ3v) is 3.26. The zero-order chi connectivity index (χ0) is 15.2. The van der Waals surface area contributed by atoms with E-state index < -0.39 is 4.92 Å². The van der Waals surface area contributed by atoms with Crippen molar-refractivity contribution in [3.8, 4) is 5.75 Å². The minimum absolute atomic E-state index is 0.0814. The van der Waals surface area contributed by atoms with Gasteiger partial charge >= 0.3 is 5.69 Å². The summed E-state index contributed by atoms with van der Waals surface area (Å²) in [6, 6.07) is 5.40. The molecule has 0 saturated heterocycles. The zero-order valence-electron chi connectivity index (χ0n) is 11.9. The highest BCUT2D eigenvalue weighted by Crippen LogP contribution is 2.28. The van der Waals surface area contributed by atoms with Crippen LogP contribution < -0.4 is 15.4 Å². The van der Waals surface area contributed by atoms with Gasteiger partial charge in [0.25, 0.3) is 0 Å². The van der Waals surface area contributed by atoms with Crippen LogP contribution >= 0.6 is 0 Å². The standard InChI is InChI=1S/C14H19N3O4/c1-15-14(18)6-7-21-13-8-10(9-16-11-3-4-11)2-5-12(13)17(19)20/h2,5,8,11,16H,3-4,6-7,9H2,1H3,(H,15,18). The molecular weight excluding hydrogens is 274 g/mol. The summed E-state index contributed by atoms with van der Waals surface area (Å²) in [6.07, 6.45) is 2.53. The van der Waals surface area contributed by atoms with E-state index in [1.807, 2.05) is 0 Å². The summed E-state index contributed by atoms with van der Waals surface area (Å²) >= 11 is 0. The molecule has 7 nitrogen and oxygen atoms in total. The van der Waals surface area contributed by atoms with Crippen molar-refractivity contribution in [3.63, 3.8) is 0 Å². The van der Waals surface area contributed by atoms with Gasteiger partial charge in [0, 0.05) is 25.7 Å². The molecule has 1 aliphatic rings. The Bertz CT molecular complexity index is 529. The molecular formula is C14H19N3O4. The van der Waals surface area contributed by atoms with Crippen molar-refractivity contribution in [2.45, 2.75) is 31.8 Å². The maximum atomic E-state index is 11.1. The van der Waals surface area contributed by atoms with Gasteiger partial charge in [-0.25, -0.2) is 0 Å². The molecule has 1 aliphatic carbocycles. The van der Waals surface area contributed by atoms with Gasteiger partial charge in [-0.15, -0.1) is 0 Å². The molecule has 0 atom stereocenters. The number of nitro groups is 1. The van der Waals surface area contributed by atoms with Crippen LogP contribution in [0.15, 0.2) is 18.2 Å². The number of ether oxygens (including phenoxy) is 1. The zero-order valence-corrected chi connectivity index (χ0v) is 11.9. The molecule has 2 rings (SSSR count). The third kappa shape index (κ3) is 4.71. The van der Waals surface area contributed by atoms with Gasteiger partial charge in [-0.2, -0.15) is 0 Å². The molecule has 0 aliphatic heterocycles. The van der Waals surface area contributed by atoms with Crippen LogP contribution in [0.5, 0.6) is 5.75 Å². The van der Waals surface area contributed by atoms with E-state index in [2.05, 4.69) is 10.6 Å². The van der Waals surface area contributed by atoms with E-state index in [0.29, 0.717) is 12.6 Å².